The van der Waals surface area contributed by atoms with Crippen LogP contribution in [0.15, 0.2) is 58.5 Å². The molecule has 1 heterocycles. The van der Waals surface area contributed by atoms with Crippen LogP contribution in [0, 0.1) is 0 Å². The Morgan fingerprint density at radius 2 is 1.96 bits per heavy atom. The molecule has 3 aromatic rings. The van der Waals surface area contributed by atoms with Gasteiger partial charge >= 0.3 is 0 Å². The zero-order valence-corrected chi connectivity index (χ0v) is 15.9. The van der Waals surface area contributed by atoms with Crippen molar-refractivity contribution in [2.75, 3.05) is 26.1 Å². The molecule has 0 spiro atoms. The Hall–Kier alpha value is -2.02. The number of nitrogens with zero attached hydrogens (tertiary/aromatic N) is 2. The number of hydrogen-bond donors (Lipinski definition) is 0. The van der Waals surface area contributed by atoms with Crippen molar-refractivity contribution in [2.24, 2.45) is 0 Å². The van der Waals surface area contributed by atoms with Crippen LogP contribution in [0.1, 0.15) is 0 Å². The number of ether oxygens (including phenoxy) is 2. The third kappa shape index (κ3) is 4.58. The van der Waals surface area contributed by atoms with Gasteiger partial charge in [-0.3, -0.25) is 9.36 Å². The monoisotopic (exact) mass is 390 g/mol. The number of rotatable bonds is 8. The maximum atomic E-state index is 12.8. The van der Waals surface area contributed by atoms with Crippen LogP contribution in [0.2, 0.25) is 5.02 Å². The zero-order chi connectivity index (χ0) is 18.4. The first kappa shape index (κ1) is 18.8. The fraction of sp³-hybridized carbons (Fsp3) is 0.263. The second kappa shape index (κ2) is 9.07. The smallest absolute Gasteiger partial charge is 0.262 e. The minimum absolute atomic E-state index is 0.0878. The molecular formula is C19H19ClN2O3S. The maximum absolute atomic E-state index is 12.8. The number of fused-ring (bicyclic) bond motifs is 1. The molecule has 0 atom stereocenters. The molecule has 0 amide bonds. The van der Waals surface area contributed by atoms with Gasteiger partial charge in [0.25, 0.3) is 5.56 Å². The van der Waals surface area contributed by atoms with Gasteiger partial charge in [-0.05, 0) is 30.3 Å². The Labute approximate surface area is 160 Å². The van der Waals surface area contributed by atoms with Gasteiger partial charge in [0.2, 0.25) is 0 Å². The van der Waals surface area contributed by atoms with Crippen molar-refractivity contribution < 1.29 is 9.47 Å². The van der Waals surface area contributed by atoms with E-state index in [9.17, 15) is 4.79 Å². The van der Waals surface area contributed by atoms with Gasteiger partial charge in [-0.2, -0.15) is 0 Å². The van der Waals surface area contributed by atoms with Crippen molar-refractivity contribution >= 4 is 34.3 Å². The van der Waals surface area contributed by atoms with E-state index < -0.39 is 0 Å². The standard InChI is InChI=1S/C19H19ClN2O3S/c1-24-10-9-22-18(23)16-8-7-14(20)13-17(16)21-19(22)26-12-11-25-15-5-3-2-4-6-15/h2-8,13H,9-12H2,1H3. The van der Waals surface area contributed by atoms with Crippen molar-refractivity contribution in [3.8, 4) is 5.75 Å². The molecule has 0 radical (unpaired) electrons. The van der Waals surface area contributed by atoms with E-state index in [4.69, 9.17) is 21.1 Å². The highest BCUT2D eigenvalue weighted by molar-refractivity contribution is 7.99. The van der Waals surface area contributed by atoms with Crippen LogP contribution in [-0.2, 0) is 11.3 Å². The van der Waals surface area contributed by atoms with Gasteiger partial charge in [-0.1, -0.05) is 41.6 Å². The number of thioether (sulfide) groups is 1. The summed E-state index contributed by atoms with van der Waals surface area (Å²) in [5.41, 5.74) is 0.512. The van der Waals surface area contributed by atoms with Gasteiger partial charge in [-0.15, -0.1) is 0 Å². The fourth-order valence-electron chi connectivity index (χ4n) is 2.47. The van der Waals surface area contributed by atoms with Crippen LogP contribution in [-0.4, -0.2) is 35.6 Å². The summed E-state index contributed by atoms with van der Waals surface area (Å²) in [5.74, 6) is 1.49. The van der Waals surface area contributed by atoms with Gasteiger partial charge in [0.05, 0.1) is 30.7 Å². The average Bonchev–Trinajstić information content (AvgIpc) is 2.65. The predicted molar refractivity (Wildman–Crippen MR) is 106 cm³/mol. The number of methoxy groups -OCH3 is 1. The third-order valence-corrected chi connectivity index (χ3v) is 4.90. The highest BCUT2D eigenvalue weighted by atomic mass is 35.5. The molecule has 0 N–H and O–H groups in total. The molecule has 7 heteroatoms. The Kier molecular flexibility index (Phi) is 6.55. The van der Waals surface area contributed by atoms with Crippen molar-refractivity contribution in [1.29, 1.82) is 0 Å². The fourth-order valence-corrected chi connectivity index (χ4v) is 3.48. The summed E-state index contributed by atoms with van der Waals surface area (Å²) in [5, 5.41) is 1.75. The molecule has 0 aliphatic heterocycles. The Morgan fingerprint density at radius 3 is 2.73 bits per heavy atom. The lowest BCUT2D eigenvalue weighted by molar-refractivity contribution is 0.183. The van der Waals surface area contributed by atoms with E-state index in [0.29, 0.717) is 46.6 Å². The molecule has 5 nitrogen and oxygen atoms in total. The molecule has 26 heavy (non-hydrogen) atoms. The second-order valence-corrected chi connectivity index (χ2v) is 7.01. The predicted octanol–water partition coefficient (Wildman–Crippen LogP) is 3.87. The van der Waals surface area contributed by atoms with Crippen molar-refractivity contribution in [2.45, 2.75) is 11.7 Å². The van der Waals surface area contributed by atoms with E-state index >= 15 is 0 Å². The summed E-state index contributed by atoms with van der Waals surface area (Å²) in [6.07, 6.45) is 0. The van der Waals surface area contributed by atoms with Crippen LogP contribution in [0.3, 0.4) is 0 Å². The molecule has 3 rings (SSSR count). The number of para-hydroxylation sites is 1. The summed E-state index contributed by atoms with van der Waals surface area (Å²) in [4.78, 5) is 17.4. The first-order chi connectivity index (χ1) is 12.7. The van der Waals surface area contributed by atoms with Crippen LogP contribution >= 0.6 is 23.4 Å². The first-order valence-electron chi connectivity index (χ1n) is 8.19. The largest absolute Gasteiger partial charge is 0.493 e. The topological polar surface area (TPSA) is 53.4 Å². The highest BCUT2D eigenvalue weighted by Gasteiger charge is 2.12. The van der Waals surface area contributed by atoms with E-state index in [1.807, 2.05) is 30.3 Å². The summed E-state index contributed by atoms with van der Waals surface area (Å²) in [6, 6.07) is 14.8. The second-order valence-electron chi connectivity index (χ2n) is 5.52. The first-order valence-corrected chi connectivity index (χ1v) is 9.55. The summed E-state index contributed by atoms with van der Waals surface area (Å²) < 4.78 is 12.5. The average molecular weight is 391 g/mol. The van der Waals surface area contributed by atoms with Crippen LogP contribution < -0.4 is 10.3 Å². The lowest BCUT2D eigenvalue weighted by atomic mass is 10.2. The minimum Gasteiger partial charge on any atom is -0.493 e. The molecule has 0 saturated carbocycles. The molecular weight excluding hydrogens is 372 g/mol. The normalized spacial score (nSPS) is 11.0. The highest BCUT2D eigenvalue weighted by Crippen LogP contribution is 2.20. The molecule has 0 aliphatic carbocycles. The molecule has 2 aromatic carbocycles. The van der Waals surface area contributed by atoms with Gasteiger partial charge in [0.1, 0.15) is 5.75 Å². The maximum Gasteiger partial charge on any atom is 0.262 e. The van der Waals surface area contributed by atoms with Gasteiger partial charge in [-0.25, -0.2) is 4.98 Å². The Bertz CT molecular complexity index is 931. The SMILES string of the molecule is COCCn1c(SCCOc2ccccc2)nc2cc(Cl)ccc2c1=O. The quantitative estimate of drug-likeness (QED) is 0.332. The molecule has 0 fully saturated rings. The van der Waals surface area contributed by atoms with Gasteiger partial charge < -0.3 is 9.47 Å². The van der Waals surface area contributed by atoms with Crippen molar-refractivity contribution in [3.05, 3.63) is 63.9 Å². The lowest BCUT2D eigenvalue weighted by Crippen LogP contribution is -2.25. The molecule has 0 aliphatic rings. The van der Waals surface area contributed by atoms with E-state index in [-0.39, 0.29) is 5.56 Å². The van der Waals surface area contributed by atoms with Crippen molar-refractivity contribution in [1.82, 2.24) is 9.55 Å². The lowest BCUT2D eigenvalue weighted by Gasteiger charge is -2.13. The van der Waals surface area contributed by atoms with Gasteiger partial charge in [0, 0.05) is 17.9 Å². The summed E-state index contributed by atoms with van der Waals surface area (Å²) >= 11 is 7.53. The molecule has 0 bridgehead atoms. The summed E-state index contributed by atoms with van der Waals surface area (Å²) in [7, 11) is 1.61. The van der Waals surface area contributed by atoms with E-state index in [1.165, 1.54) is 11.8 Å². The van der Waals surface area contributed by atoms with E-state index in [1.54, 1.807) is 29.9 Å². The molecule has 0 unspecified atom stereocenters. The van der Waals surface area contributed by atoms with Crippen molar-refractivity contribution in [3.63, 3.8) is 0 Å². The molecule has 0 saturated heterocycles. The van der Waals surface area contributed by atoms with Gasteiger partial charge in [0.15, 0.2) is 5.16 Å². The van der Waals surface area contributed by atoms with Crippen LogP contribution in [0.25, 0.3) is 10.9 Å². The van der Waals surface area contributed by atoms with Crippen LogP contribution in [0.5, 0.6) is 5.75 Å². The minimum atomic E-state index is -0.0878. The molecule has 1 aromatic heterocycles. The van der Waals surface area contributed by atoms with E-state index in [0.717, 1.165) is 5.75 Å². The number of hydrogen-bond acceptors (Lipinski definition) is 5. The number of aromatic nitrogens is 2. The van der Waals surface area contributed by atoms with E-state index in [2.05, 4.69) is 4.98 Å². The number of halogens is 1. The number of benzene rings is 2. The zero-order valence-electron chi connectivity index (χ0n) is 14.4. The molecule has 136 valence electrons. The third-order valence-electron chi connectivity index (χ3n) is 3.73. The Balaban J connectivity index is 1.79. The van der Waals surface area contributed by atoms with Crippen LogP contribution in [0.4, 0.5) is 0 Å². The Morgan fingerprint density at radius 1 is 1.15 bits per heavy atom. The summed E-state index contributed by atoms with van der Waals surface area (Å²) in [6.45, 7) is 1.40.